The Labute approximate surface area is 270 Å². The summed E-state index contributed by atoms with van der Waals surface area (Å²) in [6.07, 6.45) is 4.24. The summed E-state index contributed by atoms with van der Waals surface area (Å²) in [4.78, 5) is 50.6. The van der Waals surface area contributed by atoms with E-state index in [0.717, 1.165) is 46.4 Å². The van der Waals surface area contributed by atoms with Gasteiger partial charge in [-0.2, -0.15) is 0 Å². The number of aromatic nitrogens is 1. The number of methoxy groups -OCH3 is 1. The zero-order valence-corrected chi connectivity index (χ0v) is 26.9. The van der Waals surface area contributed by atoms with E-state index in [1.165, 1.54) is 0 Å². The number of likely N-dealkylation sites (tertiary alicyclic amines) is 1. The Morgan fingerprint density at radius 1 is 1.00 bits per heavy atom. The lowest BCUT2D eigenvalue weighted by atomic mass is 9.90. The quantitative estimate of drug-likeness (QED) is 0.287. The normalized spacial score (nSPS) is 17.5. The molecule has 2 atom stereocenters. The first-order valence-corrected chi connectivity index (χ1v) is 16.1. The van der Waals surface area contributed by atoms with Crippen LogP contribution in [0.15, 0.2) is 79.0 Å². The first-order chi connectivity index (χ1) is 22.3. The molecule has 1 saturated heterocycles. The fourth-order valence-corrected chi connectivity index (χ4v) is 7.00. The fraction of sp³-hybridized carbons (Fsp3) is 0.378. The molecule has 3 amide bonds. The van der Waals surface area contributed by atoms with Gasteiger partial charge in [0.25, 0.3) is 5.91 Å². The summed E-state index contributed by atoms with van der Waals surface area (Å²) in [5, 5.41) is 4.23. The lowest BCUT2D eigenvalue weighted by Crippen LogP contribution is -2.54. The number of para-hydroxylation sites is 1. The number of hydrogen-bond acceptors (Lipinski definition) is 5. The van der Waals surface area contributed by atoms with Gasteiger partial charge in [0.05, 0.1) is 7.11 Å². The SMILES string of the molecule is COc1ccc2c(c1)CC(CN(C)C)CN2C(=O)C(Cc1c[nH]c2ccccc12)NC(=O)C1CCN(C(=O)c2ccccc2)CC1. The molecule has 2 N–H and O–H groups in total. The number of anilines is 1. The van der Waals surface area contributed by atoms with Gasteiger partial charge in [0.2, 0.25) is 11.8 Å². The van der Waals surface area contributed by atoms with E-state index < -0.39 is 6.04 Å². The highest BCUT2D eigenvalue weighted by Gasteiger charge is 2.36. The van der Waals surface area contributed by atoms with E-state index in [1.54, 1.807) is 7.11 Å². The van der Waals surface area contributed by atoms with Crippen LogP contribution in [-0.2, 0) is 22.4 Å². The molecule has 46 heavy (non-hydrogen) atoms. The zero-order chi connectivity index (χ0) is 32.2. The minimum atomic E-state index is -0.760. The van der Waals surface area contributed by atoms with E-state index in [2.05, 4.69) is 15.2 Å². The largest absolute Gasteiger partial charge is 0.497 e. The summed E-state index contributed by atoms with van der Waals surface area (Å²) in [6.45, 7) is 2.40. The van der Waals surface area contributed by atoms with E-state index in [4.69, 9.17) is 4.74 Å². The van der Waals surface area contributed by atoms with E-state index in [-0.39, 0.29) is 29.6 Å². The van der Waals surface area contributed by atoms with Crippen molar-refractivity contribution in [2.24, 2.45) is 11.8 Å². The minimum Gasteiger partial charge on any atom is -0.497 e. The minimum absolute atomic E-state index is 0.0143. The van der Waals surface area contributed by atoms with E-state index in [0.29, 0.717) is 44.5 Å². The Balaban J connectivity index is 1.24. The first-order valence-electron chi connectivity index (χ1n) is 16.1. The maximum absolute atomic E-state index is 14.6. The van der Waals surface area contributed by atoms with Crippen LogP contribution in [0.3, 0.4) is 0 Å². The molecular weight excluding hydrogens is 578 g/mol. The predicted molar refractivity (Wildman–Crippen MR) is 180 cm³/mol. The average molecular weight is 622 g/mol. The predicted octanol–water partition coefficient (Wildman–Crippen LogP) is 4.52. The number of hydrogen-bond donors (Lipinski definition) is 2. The van der Waals surface area contributed by atoms with Crippen molar-refractivity contribution in [1.29, 1.82) is 0 Å². The van der Waals surface area contributed by atoms with Gasteiger partial charge in [0, 0.05) is 66.9 Å². The average Bonchev–Trinajstić information content (AvgIpc) is 3.49. The van der Waals surface area contributed by atoms with Crippen LogP contribution in [0.25, 0.3) is 10.9 Å². The van der Waals surface area contributed by atoms with Gasteiger partial charge in [-0.3, -0.25) is 14.4 Å². The number of aromatic amines is 1. The molecule has 240 valence electrons. The molecule has 1 aromatic heterocycles. The topological polar surface area (TPSA) is 98.0 Å². The highest BCUT2D eigenvalue weighted by molar-refractivity contribution is 6.01. The van der Waals surface area contributed by atoms with Crippen molar-refractivity contribution < 1.29 is 19.1 Å². The molecule has 1 fully saturated rings. The third kappa shape index (κ3) is 6.79. The number of benzene rings is 3. The van der Waals surface area contributed by atoms with Crippen LogP contribution >= 0.6 is 0 Å². The molecule has 3 heterocycles. The Morgan fingerprint density at radius 2 is 1.74 bits per heavy atom. The molecule has 2 unspecified atom stereocenters. The van der Waals surface area contributed by atoms with Gasteiger partial charge in [-0.1, -0.05) is 36.4 Å². The van der Waals surface area contributed by atoms with Gasteiger partial charge < -0.3 is 29.7 Å². The van der Waals surface area contributed by atoms with Gasteiger partial charge in [-0.15, -0.1) is 0 Å². The number of amides is 3. The standard InChI is InChI=1S/C37H43N5O4/c1-40(2)23-25-19-28-20-30(46-3)13-14-34(28)42(24-25)37(45)33(21-29-22-38-32-12-8-7-11-31(29)32)39-35(43)26-15-17-41(18-16-26)36(44)27-9-5-4-6-10-27/h4-14,20,22,25-26,33,38H,15-19,21,23-24H2,1-3H3,(H,39,43). The highest BCUT2D eigenvalue weighted by atomic mass is 16.5. The van der Waals surface area contributed by atoms with Crippen molar-refractivity contribution in [2.75, 3.05) is 52.3 Å². The number of rotatable bonds is 9. The third-order valence-corrected chi connectivity index (χ3v) is 9.30. The van der Waals surface area contributed by atoms with Crippen LogP contribution in [0.5, 0.6) is 5.75 Å². The maximum Gasteiger partial charge on any atom is 0.253 e. The second kappa shape index (κ2) is 13.8. The Bertz CT molecular complexity index is 1690. The lowest BCUT2D eigenvalue weighted by molar-refractivity contribution is -0.131. The molecule has 0 spiro atoms. The maximum atomic E-state index is 14.6. The lowest BCUT2D eigenvalue weighted by Gasteiger charge is -2.38. The molecule has 6 rings (SSSR count). The summed E-state index contributed by atoms with van der Waals surface area (Å²) in [6, 6.07) is 22.4. The van der Waals surface area contributed by atoms with E-state index in [1.807, 2.05) is 103 Å². The second-order valence-electron chi connectivity index (χ2n) is 12.8. The number of fused-ring (bicyclic) bond motifs is 2. The van der Waals surface area contributed by atoms with Crippen LogP contribution in [0.2, 0.25) is 0 Å². The Hall–Kier alpha value is -4.63. The van der Waals surface area contributed by atoms with Crippen molar-refractivity contribution >= 4 is 34.3 Å². The number of H-pyrrole nitrogens is 1. The molecule has 0 bridgehead atoms. The van der Waals surface area contributed by atoms with Crippen LogP contribution in [0, 0.1) is 11.8 Å². The molecule has 4 aromatic rings. The zero-order valence-electron chi connectivity index (χ0n) is 26.9. The molecule has 2 aliphatic heterocycles. The van der Waals surface area contributed by atoms with Crippen LogP contribution < -0.4 is 15.0 Å². The van der Waals surface area contributed by atoms with Crippen molar-refractivity contribution in [1.82, 2.24) is 20.1 Å². The van der Waals surface area contributed by atoms with Crippen LogP contribution in [0.4, 0.5) is 5.69 Å². The number of carbonyl (C=O) groups is 3. The summed E-state index contributed by atoms with van der Waals surface area (Å²) in [7, 11) is 5.75. The van der Waals surface area contributed by atoms with Gasteiger partial charge >= 0.3 is 0 Å². The molecule has 3 aromatic carbocycles. The Kier molecular flexibility index (Phi) is 9.40. The first kappa shape index (κ1) is 31.4. The monoisotopic (exact) mass is 621 g/mol. The number of nitrogens with zero attached hydrogens (tertiary/aromatic N) is 3. The molecule has 9 heteroatoms. The summed E-state index contributed by atoms with van der Waals surface area (Å²) < 4.78 is 5.52. The molecule has 0 aliphatic carbocycles. The summed E-state index contributed by atoms with van der Waals surface area (Å²) >= 11 is 0. The highest BCUT2D eigenvalue weighted by Crippen LogP contribution is 2.34. The summed E-state index contributed by atoms with van der Waals surface area (Å²) in [5.74, 6) is 0.441. The van der Waals surface area contributed by atoms with Gasteiger partial charge in [-0.05, 0) is 86.8 Å². The van der Waals surface area contributed by atoms with Crippen molar-refractivity contribution in [3.8, 4) is 5.75 Å². The molecule has 2 aliphatic rings. The van der Waals surface area contributed by atoms with Crippen molar-refractivity contribution in [3.63, 3.8) is 0 Å². The van der Waals surface area contributed by atoms with Gasteiger partial charge in [0.15, 0.2) is 0 Å². The van der Waals surface area contributed by atoms with Crippen molar-refractivity contribution in [3.05, 3.63) is 95.7 Å². The smallest absolute Gasteiger partial charge is 0.253 e. The van der Waals surface area contributed by atoms with E-state index in [9.17, 15) is 14.4 Å². The Morgan fingerprint density at radius 3 is 2.48 bits per heavy atom. The number of piperidine rings is 1. The molecule has 0 saturated carbocycles. The molecular formula is C37H43N5O4. The fourth-order valence-electron chi connectivity index (χ4n) is 7.00. The molecule has 9 nitrogen and oxygen atoms in total. The van der Waals surface area contributed by atoms with Gasteiger partial charge in [0.1, 0.15) is 11.8 Å². The number of ether oxygens (including phenoxy) is 1. The third-order valence-electron chi connectivity index (χ3n) is 9.30. The van der Waals surface area contributed by atoms with Crippen LogP contribution in [0.1, 0.15) is 34.3 Å². The summed E-state index contributed by atoms with van der Waals surface area (Å²) in [5.41, 5.74) is 4.56. The number of nitrogens with one attached hydrogen (secondary N) is 2. The van der Waals surface area contributed by atoms with Gasteiger partial charge in [-0.25, -0.2) is 0 Å². The molecule has 0 radical (unpaired) electrons. The van der Waals surface area contributed by atoms with E-state index >= 15 is 0 Å². The van der Waals surface area contributed by atoms with Crippen molar-refractivity contribution in [2.45, 2.75) is 31.7 Å². The number of carbonyl (C=O) groups excluding carboxylic acids is 3. The second-order valence-corrected chi connectivity index (χ2v) is 12.8. The van der Waals surface area contributed by atoms with Crippen LogP contribution in [-0.4, -0.2) is 85.9 Å².